The van der Waals surface area contributed by atoms with E-state index in [2.05, 4.69) is 12.6 Å². The lowest BCUT2D eigenvalue weighted by Gasteiger charge is -2.22. The summed E-state index contributed by atoms with van der Waals surface area (Å²) >= 11 is 4.03. The molecule has 0 aliphatic carbocycles. The van der Waals surface area contributed by atoms with Gasteiger partial charge in [-0.15, -0.1) is 0 Å². The van der Waals surface area contributed by atoms with Gasteiger partial charge in [0.1, 0.15) is 0 Å². The monoisotopic (exact) mass is 266 g/mol. The largest absolute Gasteiger partial charge is 0.320 e. The van der Waals surface area contributed by atoms with Crippen molar-refractivity contribution in [1.82, 2.24) is 4.90 Å². The Morgan fingerprint density at radius 1 is 1.33 bits per heavy atom. The van der Waals surface area contributed by atoms with Crippen LogP contribution < -0.4 is 5.73 Å². The lowest BCUT2D eigenvalue weighted by atomic mass is 10.1. The molecule has 0 fully saturated rings. The molecule has 0 heterocycles. The highest BCUT2D eigenvalue weighted by atomic mass is 32.1. The van der Waals surface area contributed by atoms with Crippen molar-refractivity contribution in [2.24, 2.45) is 5.73 Å². The van der Waals surface area contributed by atoms with Crippen LogP contribution in [-0.4, -0.2) is 35.1 Å². The molecular weight excluding hydrogens is 248 g/mol. The van der Waals surface area contributed by atoms with Crippen LogP contribution in [0.25, 0.3) is 0 Å². The second-order valence-corrected chi connectivity index (χ2v) is 4.48. The number of rotatable bonds is 5. The summed E-state index contributed by atoms with van der Waals surface area (Å²) in [6.45, 7) is 1.65. The van der Waals surface area contributed by atoms with E-state index in [0.717, 1.165) is 10.5 Å². The molecule has 0 saturated heterocycles. The van der Waals surface area contributed by atoms with Crippen molar-refractivity contribution in [3.63, 3.8) is 0 Å². The van der Waals surface area contributed by atoms with Crippen LogP contribution in [0.3, 0.4) is 0 Å². The number of hydrogen-bond acceptors (Lipinski definition) is 4. The Labute approximate surface area is 113 Å². The SMILES string of the molecule is CC(=O)N(CCS)C(=O)[C@H](N)Cc1ccccc1. The number of benzene rings is 1. The highest BCUT2D eigenvalue weighted by molar-refractivity contribution is 7.80. The van der Waals surface area contributed by atoms with Crippen LogP contribution >= 0.6 is 12.6 Å². The first kappa shape index (κ1) is 14.7. The topological polar surface area (TPSA) is 63.4 Å². The van der Waals surface area contributed by atoms with Crippen LogP contribution in [0.1, 0.15) is 12.5 Å². The van der Waals surface area contributed by atoms with Crippen LogP contribution in [0.5, 0.6) is 0 Å². The second-order valence-electron chi connectivity index (χ2n) is 4.03. The standard InChI is InChI=1S/C13H18N2O2S/c1-10(16)15(7-8-18)13(17)12(14)9-11-5-3-2-4-6-11/h2-6,12,18H,7-9,14H2,1H3/t12-/m1/s1. The molecule has 0 aliphatic rings. The average Bonchev–Trinajstić information content (AvgIpc) is 2.36. The number of nitrogens with two attached hydrogens (primary N) is 1. The Bertz CT molecular complexity index is 409. The van der Waals surface area contributed by atoms with Crippen LogP contribution in [0.15, 0.2) is 30.3 Å². The summed E-state index contributed by atoms with van der Waals surface area (Å²) in [5, 5.41) is 0. The minimum atomic E-state index is -0.698. The predicted octanol–water partition coefficient (Wildman–Crippen LogP) is 0.861. The van der Waals surface area contributed by atoms with E-state index in [1.54, 1.807) is 0 Å². The Kier molecular flexibility index (Phi) is 5.88. The fraction of sp³-hybridized carbons (Fsp3) is 0.385. The van der Waals surface area contributed by atoms with E-state index < -0.39 is 6.04 Å². The van der Waals surface area contributed by atoms with Gasteiger partial charge in [-0.05, 0) is 12.0 Å². The van der Waals surface area contributed by atoms with E-state index in [1.807, 2.05) is 30.3 Å². The Morgan fingerprint density at radius 3 is 2.44 bits per heavy atom. The number of carbonyl (C=O) groups excluding carboxylic acids is 2. The zero-order valence-corrected chi connectivity index (χ0v) is 11.3. The first-order chi connectivity index (χ1) is 8.56. The third kappa shape index (κ3) is 4.16. The van der Waals surface area contributed by atoms with Crippen molar-refractivity contribution in [3.8, 4) is 0 Å². The summed E-state index contributed by atoms with van der Waals surface area (Å²) in [6, 6.07) is 8.80. The number of amides is 2. The molecule has 1 aromatic rings. The summed E-state index contributed by atoms with van der Waals surface area (Å²) in [7, 11) is 0. The Balaban J connectivity index is 2.67. The fourth-order valence-electron chi connectivity index (χ4n) is 1.68. The van der Waals surface area contributed by atoms with E-state index in [4.69, 9.17) is 5.73 Å². The summed E-state index contributed by atoms with van der Waals surface area (Å²) in [5.41, 5.74) is 6.83. The molecule has 2 amide bonds. The highest BCUT2D eigenvalue weighted by Gasteiger charge is 2.23. The average molecular weight is 266 g/mol. The Morgan fingerprint density at radius 2 is 1.94 bits per heavy atom. The van der Waals surface area contributed by atoms with Gasteiger partial charge in [-0.2, -0.15) is 12.6 Å². The lowest BCUT2D eigenvalue weighted by Crippen LogP contribution is -2.47. The minimum absolute atomic E-state index is 0.291. The maximum atomic E-state index is 12.0. The molecule has 0 spiro atoms. The zero-order chi connectivity index (χ0) is 13.5. The number of imide groups is 1. The lowest BCUT2D eigenvalue weighted by molar-refractivity contribution is -0.144. The molecule has 0 unspecified atom stereocenters. The molecular formula is C13H18N2O2S. The van der Waals surface area contributed by atoms with Crippen molar-refractivity contribution >= 4 is 24.4 Å². The highest BCUT2D eigenvalue weighted by Crippen LogP contribution is 2.05. The van der Waals surface area contributed by atoms with Crippen LogP contribution in [-0.2, 0) is 16.0 Å². The smallest absolute Gasteiger partial charge is 0.246 e. The molecule has 2 N–H and O–H groups in total. The van der Waals surface area contributed by atoms with Gasteiger partial charge in [0.25, 0.3) is 0 Å². The zero-order valence-electron chi connectivity index (χ0n) is 10.4. The second kappa shape index (κ2) is 7.18. The Hall–Kier alpha value is -1.33. The van der Waals surface area contributed by atoms with E-state index >= 15 is 0 Å². The van der Waals surface area contributed by atoms with Crippen LogP contribution in [0.4, 0.5) is 0 Å². The van der Waals surface area contributed by atoms with E-state index in [1.165, 1.54) is 6.92 Å². The first-order valence-electron chi connectivity index (χ1n) is 5.78. The summed E-state index contributed by atoms with van der Waals surface area (Å²) < 4.78 is 0. The van der Waals surface area contributed by atoms with Crippen molar-refractivity contribution < 1.29 is 9.59 Å². The number of carbonyl (C=O) groups is 2. The maximum Gasteiger partial charge on any atom is 0.246 e. The van der Waals surface area contributed by atoms with Crippen LogP contribution in [0.2, 0.25) is 0 Å². The van der Waals surface area contributed by atoms with Gasteiger partial charge in [-0.3, -0.25) is 14.5 Å². The predicted molar refractivity (Wildman–Crippen MR) is 74.4 cm³/mol. The normalized spacial score (nSPS) is 11.9. The third-order valence-corrected chi connectivity index (χ3v) is 2.79. The van der Waals surface area contributed by atoms with Gasteiger partial charge in [0, 0.05) is 19.2 Å². The summed E-state index contributed by atoms with van der Waals surface area (Å²) in [6.07, 6.45) is 0.427. The van der Waals surface area contributed by atoms with Crippen molar-refractivity contribution in [2.45, 2.75) is 19.4 Å². The van der Waals surface area contributed by atoms with Gasteiger partial charge in [0.15, 0.2) is 0 Å². The van der Waals surface area contributed by atoms with Crippen molar-refractivity contribution in [2.75, 3.05) is 12.3 Å². The molecule has 4 nitrogen and oxygen atoms in total. The van der Waals surface area contributed by atoms with E-state index in [-0.39, 0.29) is 11.8 Å². The van der Waals surface area contributed by atoms with Crippen molar-refractivity contribution in [1.29, 1.82) is 0 Å². The minimum Gasteiger partial charge on any atom is -0.320 e. The van der Waals surface area contributed by atoms with E-state index in [0.29, 0.717) is 18.7 Å². The molecule has 0 bridgehead atoms. The molecule has 0 aliphatic heterocycles. The van der Waals surface area contributed by atoms with Gasteiger partial charge in [0.2, 0.25) is 11.8 Å². The van der Waals surface area contributed by atoms with Gasteiger partial charge in [0.05, 0.1) is 6.04 Å². The molecule has 5 heteroatoms. The summed E-state index contributed by atoms with van der Waals surface area (Å²) in [4.78, 5) is 24.5. The van der Waals surface area contributed by atoms with Gasteiger partial charge in [-0.1, -0.05) is 30.3 Å². The number of nitrogens with zero attached hydrogens (tertiary/aromatic N) is 1. The first-order valence-corrected chi connectivity index (χ1v) is 6.41. The molecule has 1 atom stereocenters. The molecule has 1 aromatic carbocycles. The van der Waals surface area contributed by atoms with Gasteiger partial charge >= 0.3 is 0 Å². The molecule has 98 valence electrons. The summed E-state index contributed by atoms with van der Waals surface area (Å²) in [5.74, 6) is -0.207. The van der Waals surface area contributed by atoms with Crippen LogP contribution in [0, 0.1) is 0 Å². The van der Waals surface area contributed by atoms with Gasteiger partial charge < -0.3 is 5.73 Å². The molecule has 0 aromatic heterocycles. The molecule has 1 rings (SSSR count). The molecule has 0 radical (unpaired) electrons. The molecule has 0 saturated carbocycles. The van der Waals surface area contributed by atoms with E-state index in [9.17, 15) is 9.59 Å². The maximum absolute atomic E-state index is 12.0. The quantitative estimate of drug-likeness (QED) is 0.777. The fourth-order valence-corrected chi connectivity index (χ4v) is 1.88. The number of thiol groups is 1. The number of hydrogen-bond donors (Lipinski definition) is 2. The third-order valence-electron chi connectivity index (χ3n) is 2.59. The van der Waals surface area contributed by atoms with Gasteiger partial charge in [-0.25, -0.2) is 0 Å². The van der Waals surface area contributed by atoms with Crippen molar-refractivity contribution in [3.05, 3.63) is 35.9 Å². The molecule has 18 heavy (non-hydrogen) atoms.